The van der Waals surface area contributed by atoms with Crippen molar-refractivity contribution in [3.8, 4) is 5.75 Å². The van der Waals surface area contributed by atoms with Gasteiger partial charge in [-0.3, -0.25) is 8.63 Å². The third-order valence-corrected chi connectivity index (χ3v) is 1.67. The number of benzene rings is 1. The molecular formula is C9H11BF2O2. The molecule has 0 saturated heterocycles. The van der Waals surface area contributed by atoms with E-state index in [0.29, 0.717) is 0 Å². The topological polar surface area (TPSA) is 18.5 Å². The molecule has 0 aromatic heterocycles. The van der Waals surface area contributed by atoms with Gasteiger partial charge in [0.15, 0.2) is 0 Å². The van der Waals surface area contributed by atoms with Crippen molar-refractivity contribution in [3.05, 3.63) is 29.8 Å². The molecule has 0 aliphatic carbocycles. The fraction of sp³-hybridized carbons (Fsp3) is 0.333. The second kappa shape index (κ2) is 5.60. The SMILES string of the molecule is COc1ccc(COCB(F)F)cc1. The van der Waals surface area contributed by atoms with Crippen LogP contribution in [-0.2, 0) is 11.3 Å². The Balaban J connectivity index is 2.36. The highest BCUT2D eigenvalue weighted by molar-refractivity contribution is 6.42. The van der Waals surface area contributed by atoms with E-state index in [1.807, 2.05) is 0 Å². The minimum Gasteiger partial charge on any atom is -0.497 e. The Morgan fingerprint density at radius 3 is 2.36 bits per heavy atom. The summed E-state index contributed by atoms with van der Waals surface area (Å²) < 4.78 is 33.1. The van der Waals surface area contributed by atoms with Gasteiger partial charge in [-0.05, 0) is 17.7 Å². The van der Waals surface area contributed by atoms with Gasteiger partial charge in [-0.1, -0.05) is 12.1 Å². The van der Waals surface area contributed by atoms with Crippen LogP contribution in [0.1, 0.15) is 5.56 Å². The molecule has 5 heteroatoms. The Labute approximate surface area is 82.0 Å². The Morgan fingerprint density at radius 2 is 1.86 bits per heavy atom. The Kier molecular flexibility index (Phi) is 4.39. The fourth-order valence-electron chi connectivity index (χ4n) is 0.988. The van der Waals surface area contributed by atoms with Gasteiger partial charge in [0.05, 0.1) is 20.2 Å². The summed E-state index contributed by atoms with van der Waals surface area (Å²) in [6.45, 7) is -0.319. The summed E-state index contributed by atoms with van der Waals surface area (Å²) in [4.78, 5) is 0. The standard InChI is InChI=1S/C9H11BF2O2/c1-13-9-4-2-8(3-5-9)6-14-7-10(11)12/h2-5H,6-7H2,1H3. The summed E-state index contributed by atoms with van der Waals surface area (Å²) in [5.74, 6) is 0.739. The Bertz CT molecular complexity index is 264. The van der Waals surface area contributed by atoms with E-state index in [9.17, 15) is 8.63 Å². The van der Waals surface area contributed by atoms with E-state index in [-0.39, 0.29) is 6.61 Å². The molecule has 0 amide bonds. The third kappa shape index (κ3) is 3.74. The van der Waals surface area contributed by atoms with Crippen LogP contribution in [0.3, 0.4) is 0 Å². The number of hydrogen-bond acceptors (Lipinski definition) is 2. The van der Waals surface area contributed by atoms with E-state index in [0.717, 1.165) is 11.3 Å². The lowest BCUT2D eigenvalue weighted by Crippen LogP contribution is -2.09. The molecule has 76 valence electrons. The molecule has 0 heterocycles. The molecule has 0 saturated carbocycles. The normalized spacial score (nSPS) is 9.93. The number of hydrogen-bond donors (Lipinski definition) is 0. The molecule has 1 aromatic carbocycles. The first-order chi connectivity index (χ1) is 6.72. The minimum absolute atomic E-state index is 0.203. The van der Waals surface area contributed by atoms with Crippen molar-refractivity contribution in [1.29, 1.82) is 0 Å². The van der Waals surface area contributed by atoms with E-state index < -0.39 is 13.8 Å². The highest BCUT2D eigenvalue weighted by Gasteiger charge is 2.11. The lowest BCUT2D eigenvalue weighted by Gasteiger charge is -2.03. The van der Waals surface area contributed by atoms with Crippen LogP contribution in [0, 0.1) is 0 Å². The molecule has 0 N–H and O–H groups in total. The second-order valence-corrected chi connectivity index (χ2v) is 2.75. The van der Waals surface area contributed by atoms with E-state index >= 15 is 0 Å². The molecule has 14 heavy (non-hydrogen) atoms. The van der Waals surface area contributed by atoms with Crippen LogP contribution in [0.4, 0.5) is 8.63 Å². The number of methoxy groups -OCH3 is 1. The first-order valence-corrected chi connectivity index (χ1v) is 4.21. The minimum atomic E-state index is -2.41. The van der Waals surface area contributed by atoms with Gasteiger partial charge in [0, 0.05) is 0 Å². The van der Waals surface area contributed by atoms with Gasteiger partial charge in [0.1, 0.15) is 5.75 Å². The highest BCUT2D eigenvalue weighted by Crippen LogP contribution is 2.11. The van der Waals surface area contributed by atoms with Crippen LogP contribution >= 0.6 is 0 Å². The molecule has 1 aromatic rings. The largest absolute Gasteiger partial charge is 0.563 e. The monoisotopic (exact) mass is 200 g/mol. The zero-order chi connectivity index (χ0) is 10.4. The van der Waals surface area contributed by atoms with Gasteiger partial charge >= 0.3 is 7.27 Å². The molecule has 0 aliphatic rings. The lowest BCUT2D eigenvalue weighted by atomic mass is 10.0. The molecule has 2 nitrogen and oxygen atoms in total. The van der Waals surface area contributed by atoms with Crippen LogP contribution in [0.2, 0.25) is 0 Å². The summed E-state index contributed by atoms with van der Waals surface area (Å²) in [6, 6.07) is 7.09. The predicted octanol–water partition coefficient (Wildman–Crippen LogP) is 2.18. The molecule has 0 aliphatic heterocycles. The maximum absolute atomic E-state index is 11.7. The summed E-state index contributed by atoms with van der Waals surface area (Å²) in [6.07, 6.45) is 0. The average molecular weight is 200 g/mol. The smallest absolute Gasteiger partial charge is 0.497 e. The zero-order valence-corrected chi connectivity index (χ0v) is 7.87. The quantitative estimate of drug-likeness (QED) is 0.678. The van der Waals surface area contributed by atoms with Crippen molar-refractivity contribution in [2.45, 2.75) is 6.61 Å². The molecule has 0 radical (unpaired) electrons. The van der Waals surface area contributed by atoms with Crippen molar-refractivity contribution < 1.29 is 18.1 Å². The summed E-state index contributed by atoms with van der Waals surface area (Å²) in [5, 5.41) is 0. The van der Waals surface area contributed by atoms with Crippen molar-refractivity contribution in [3.63, 3.8) is 0 Å². The Morgan fingerprint density at radius 1 is 1.21 bits per heavy atom. The van der Waals surface area contributed by atoms with Gasteiger partial charge in [0.25, 0.3) is 0 Å². The predicted molar refractivity (Wildman–Crippen MR) is 50.6 cm³/mol. The van der Waals surface area contributed by atoms with E-state index in [4.69, 9.17) is 9.47 Å². The lowest BCUT2D eigenvalue weighted by molar-refractivity contribution is 0.152. The van der Waals surface area contributed by atoms with Gasteiger partial charge in [0.2, 0.25) is 0 Å². The van der Waals surface area contributed by atoms with Gasteiger partial charge in [-0.25, -0.2) is 0 Å². The summed E-state index contributed by atoms with van der Waals surface area (Å²) in [7, 11) is -0.837. The average Bonchev–Trinajstić information content (AvgIpc) is 2.18. The number of ether oxygens (including phenoxy) is 2. The third-order valence-electron chi connectivity index (χ3n) is 1.67. The van der Waals surface area contributed by atoms with Crippen molar-refractivity contribution in [1.82, 2.24) is 0 Å². The van der Waals surface area contributed by atoms with Crippen LogP contribution in [0.25, 0.3) is 0 Å². The van der Waals surface area contributed by atoms with Crippen molar-refractivity contribution in [2.75, 3.05) is 13.6 Å². The molecule has 0 spiro atoms. The zero-order valence-electron chi connectivity index (χ0n) is 7.87. The molecule has 0 bridgehead atoms. The number of rotatable bonds is 5. The highest BCUT2D eigenvalue weighted by atomic mass is 19.2. The molecule has 0 fully saturated rings. The van der Waals surface area contributed by atoms with Crippen LogP contribution < -0.4 is 4.74 Å². The van der Waals surface area contributed by atoms with Gasteiger partial charge in [-0.2, -0.15) is 0 Å². The Hall–Kier alpha value is -1.10. The van der Waals surface area contributed by atoms with Gasteiger partial charge in [-0.15, -0.1) is 0 Å². The first kappa shape index (κ1) is 11.0. The van der Waals surface area contributed by atoms with E-state index in [2.05, 4.69) is 0 Å². The maximum atomic E-state index is 11.7. The van der Waals surface area contributed by atoms with Crippen molar-refractivity contribution in [2.24, 2.45) is 0 Å². The van der Waals surface area contributed by atoms with Crippen LogP contribution in [-0.4, -0.2) is 20.9 Å². The molecular weight excluding hydrogens is 189 g/mol. The maximum Gasteiger partial charge on any atom is 0.563 e. The summed E-state index contributed by atoms with van der Waals surface area (Å²) in [5.41, 5.74) is 0.853. The molecule has 0 unspecified atom stereocenters. The molecule has 1 rings (SSSR count). The van der Waals surface area contributed by atoms with E-state index in [1.54, 1.807) is 31.4 Å². The van der Waals surface area contributed by atoms with Crippen LogP contribution in [0.5, 0.6) is 5.75 Å². The fourth-order valence-corrected chi connectivity index (χ4v) is 0.988. The van der Waals surface area contributed by atoms with Crippen molar-refractivity contribution >= 4 is 7.27 Å². The van der Waals surface area contributed by atoms with Gasteiger partial charge < -0.3 is 9.47 Å². The first-order valence-electron chi connectivity index (χ1n) is 4.21. The van der Waals surface area contributed by atoms with E-state index in [1.165, 1.54) is 0 Å². The second-order valence-electron chi connectivity index (χ2n) is 2.75. The summed E-state index contributed by atoms with van der Waals surface area (Å²) >= 11 is 0. The molecule has 0 atom stereocenters. The van der Waals surface area contributed by atoms with Crippen LogP contribution in [0.15, 0.2) is 24.3 Å². The number of halogens is 2.